The number of anilines is 1. The first-order chi connectivity index (χ1) is 27.9. The molecule has 2 aromatic carbocycles. The number of amides is 1. The van der Waals surface area contributed by atoms with Crippen LogP contribution in [-0.2, 0) is 44.6 Å². The fraction of sp³-hybridized carbons (Fsp3) is 0.553. The van der Waals surface area contributed by atoms with Crippen molar-refractivity contribution in [2.75, 3.05) is 18.5 Å². The summed E-state index contributed by atoms with van der Waals surface area (Å²) in [5, 5.41) is 25.2. The Morgan fingerprint density at radius 1 is 1.07 bits per heavy atom. The van der Waals surface area contributed by atoms with Crippen molar-refractivity contribution in [1.82, 2.24) is 0 Å². The first-order valence-electron chi connectivity index (χ1n) is 20.9. The van der Waals surface area contributed by atoms with Crippen LogP contribution in [0.4, 0.5) is 5.69 Å². The van der Waals surface area contributed by atoms with Gasteiger partial charge >= 0.3 is 5.97 Å². The molecule has 3 saturated carbocycles. The van der Waals surface area contributed by atoms with E-state index in [1.807, 2.05) is 55.5 Å². The molecule has 7 rings (SSSR count). The third-order valence-corrected chi connectivity index (χ3v) is 13.8. The highest BCUT2D eigenvalue weighted by molar-refractivity contribution is 6.01. The molecule has 12 nitrogen and oxygen atoms in total. The number of nitrogens with one attached hydrogen (secondary N) is 1. The fourth-order valence-corrected chi connectivity index (χ4v) is 11.2. The van der Waals surface area contributed by atoms with E-state index >= 15 is 0 Å². The lowest BCUT2D eigenvalue weighted by atomic mass is 9.46. The minimum Gasteiger partial charge on any atom is -0.460 e. The number of Topliss-reactive ketones (excluding diaryl/α,β-unsaturated/α-hetero) is 2. The van der Waals surface area contributed by atoms with Gasteiger partial charge in [-0.1, -0.05) is 61.9 Å². The summed E-state index contributed by atoms with van der Waals surface area (Å²) >= 11 is 0. The standard InChI is InChI=1S/C47H58N2O10/c1-44(2,3)58-40(55)16-13-30(21-34(52)25-48)42(56)49-32-8-6-7-28(20-32)19-27-9-11-29(12-10-27)43-57-39-23-36-35-15-14-31-22-33(51)17-18-45(31,4)41(35)37(53)24-46(36,5)47(39,59-43)38(54)26-50/h6-12,17-18,20,22,30,35-37,39,41,43,50,53H,13-16,19,21,23-26,48H2,1-5H3,(H,49,56)/t30-,35+,36+,37+,39-,41-,43-,45+,46+,47-/m1/s1. The van der Waals surface area contributed by atoms with E-state index in [2.05, 4.69) is 12.2 Å². The second kappa shape index (κ2) is 16.3. The van der Waals surface area contributed by atoms with Crippen LogP contribution in [0.3, 0.4) is 0 Å². The van der Waals surface area contributed by atoms with Crippen LogP contribution in [-0.4, -0.2) is 76.0 Å². The number of rotatable bonds is 13. The summed E-state index contributed by atoms with van der Waals surface area (Å²) in [5.41, 5.74) is 6.44. The normalized spacial score (nSPS) is 32.5. The molecule has 0 bridgehead atoms. The average Bonchev–Trinajstić information content (AvgIpc) is 3.68. The number of hydrogen-bond donors (Lipinski definition) is 4. The molecule has 12 heteroatoms. The molecule has 0 radical (unpaired) electrons. The van der Waals surface area contributed by atoms with E-state index < -0.39 is 64.8 Å². The molecule has 1 heterocycles. The Hall–Kier alpha value is -4.33. The van der Waals surface area contributed by atoms with Gasteiger partial charge in [-0.25, -0.2) is 0 Å². The van der Waals surface area contributed by atoms with E-state index in [-0.39, 0.29) is 61.0 Å². The number of carbonyl (C=O) groups excluding carboxylic acids is 5. The Labute approximate surface area is 345 Å². The maximum Gasteiger partial charge on any atom is 0.306 e. The van der Waals surface area contributed by atoms with E-state index in [0.717, 1.165) is 35.1 Å². The molecule has 0 spiro atoms. The number of allylic oxidation sites excluding steroid dienone is 4. The highest BCUT2D eigenvalue weighted by Crippen LogP contribution is 2.70. The molecular formula is C47H58N2O10. The monoisotopic (exact) mass is 810 g/mol. The minimum absolute atomic E-state index is 0.00114. The number of esters is 1. The Kier molecular flexibility index (Phi) is 11.8. The molecule has 2 aromatic rings. The number of carbonyl (C=O) groups is 5. The molecule has 5 aliphatic rings. The Balaban J connectivity index is 1.03. The van der Waals surface area contributed by atoms with E-state index in [4.69, 9.17) is 19.9 Å². The molecule has 4 fully saturated rings. The van der Waals surface area contributed by atoms with Gasteiger partial charge in [-0.15, -0.1) is 0 Å². The first-order valence-corrected chi connectivity index (χ1v) is 20.9. The van der Waals surface area contributed by atoms with Gasteiger partial charge in [0.1, 0.15) is 18.0 Å². The molecule has 4 aliphatic carbocycles. The molecule has 0 unspecified atom stereocenters. The lowest BCUT2D eigenvalue weighted by molar-refractivity contribution is -0.201. The second-order valence-electron chi connectivity index (χ2n) is 18.7. The van der Waals surface area contributed by atoms with Crippen molar-refractivity contribution in [3.8, 4) is 0 Å². The van der Waals surface area contributed by atoms with Crippen LogP contribution in [0.1, 0.15) is 103 Å². The third kappa shape index (κ3) is 8.02. The van der Waals surface area contributed by atoms with Crippen LogP contribution in [0.15, 0.2) is 72.3 Å². The van der Waals surface area contributed by atoms with E-state index in [1.54, 1.807) is 39.0 Å². The number of nitrogens with two attached hydrogens (primary N) is 1. The zero-order valence-corrected chi connectivity index (χ0v) is 34.7. The van der Waals surface area contributed by atoms with Crippen molar-refractivity contribution in [3.05, 3.63) is 89.0 Å². The Bertz CT molecular complexity index is 2050. The summed E-state index contributed by atoms with van der Waals surface area (Å²) < 4.78 is 18.8. The summed E-state index contributed by atoms with van der Waals surface area (Å²) in [6.45, 7) is 8.54. The van der Waals surface area contributed by atoms with Gasteiger partial charge in [-0.2, -0.15) is 0 Å². The van der Waals surface area contributed by atoms with Gasteiger partial charge in [0, 0.05) is 46.8 Å². The van der Waals surface area contributed by atoms with E-state index in [0.29, 0.717) is 24.9 Å². The van der Waals surface area contributed by atoms with E-state index in [9.17, 15) is 34.2 Å². The number of aliphatic hydroxyl groups is 2. The molecule has 1 saturated heterocycles. The number of benzene rings is 2. The molecule has 10 atom stereocenters. The lowest BCUT2D eigenvalue weighted by Crippen LogP contribution is -2.63. The van der Waals surface area contributed by atoms with Gasteiger partial charge < -0.3 is 35.5 Å². The zero-order chi connectivity index (χ0) is 42.5. The highest BCUT2D eigenvalue weighted by atomic mass is 16.7. The van der Waals surface area contributed by atoms with Crippen LogP contribution in [0, 0.1) is 34.5 Å². The number of hydrogen-bond acceptors (Lipinski definition) is 11. The largest absolute Gasteiger partial charge is 0.460 e. The van der Waals surface area contributed by atoms with Gasteiger partial charge in [0.15, 0.2) is 23.5 Å². The topological polar surface area (TPSA) is 192 Å². The van der Waals surface area contributed by atoms with Crippen molar-refractivity contribution >= 4 is 34.9 Å². The minimum atomic E-state index is -1.44. The smallest absolute Gasteiger partial charge is 0.306 e. The summed E-state index contributed by atoms with van der Waals surface area (Å²) in [6, 6.07) is 15.2. The maximum atomic E-state index is 13.9. The maximum absolute atomic E-state index is 13.9. The van der Waals surface area contributed by atoms with Crippen molar-refractivity contribution < 1.29 is 48.4 Å². The summed E-state index contributed by atoms with van der Waals surface area (Å²) in [5.74, 6) is -2.35. The molecule has 316 valence electrons. The number of ketones is 3. The van der Waals surface area contributed by atoms with Crippen molar-refractivity contribution in [3.63, 3.8) is 0 Å². The molecular weight excluding hydrogens is 753 g/mol. The van der Waals surface area contributed by atoms with Crippen molar-refractivity contribution in [2.45, 2.75) is 116 Å². The lowest BCUT2D eigenvalue weighted by Gasteiger charge is -2.59. The van der Waals surface area contributed by atoms with Gasteiger partial charge in [-0.05, 0) is 107 Å². The summed E-state index contributed by atoms with van der Waals surface area (Å²) in [4.78, 5) is 64.2. The van der Waals surface area contributed by atoms with Gasteiger partial charge in [-0.3, -0.25) is 24.0 Å². The quantitative estimate of drug-likeness (QED) is 0.188. The predicted octanol–water partition coefficient (Wildman–Crippen LogP) is 5.47. The van der Waals surface area contributed by atoms with Crippen LogP contribution in [0.25, 0.3) is 0 Å². The van der Waals surface area contributed by atoms with Crippen LogP contribution in [0.2, 0.25) is 0 Å². The van der Waals surface area contributed by atoms with Gasteiger partial charge in [0.2, 0.25) is 5.91 Å². The number of fused-ring (bicyclic) bond motifs is 7. The Morgan fingerprint density at radius 3 is 2.51 bits per heavy atom. The van der Waals surface area contributed by atoms with Gasteiger partial charge in [0.05, 0.1) is 18.8 Å². The predicted molar refractivity (Wildman–Crippen MR) is 218 cm³/mol. The average molecular weight is 811 g/mol. The number of aliphatic hydroxyl groups excluding tert-OH is 2. The second-order valence-corrected chi connectivity index (χ2v) is 18.7. The zero-order valence-electron chi connectivity index (χ0n) is 34.7. The molecule has 59 heavy (non-hydrogen) atoms. The molecule has 1 amide bonds. The SMILES string of the molecule is CC(C)(C)OC(=O)CC[C@H](CC(=O)CN)C(=O)Nc1cccc(Cc2ccc([C@@H]3O[C@@H]4C[C@H]5[C@@H]6CCC7=CC(=O)C=C[C@]7(C)[C@H]6[C@@H](O)C[C@]5(C)[C@]4(C(=O)CO)O3)cc2)c1. The fourth-order valence-electron chi connectivity index (χ4n) is 11.2. The highest BCUT2D eigenvalue weighted by Gasteiger charge is 2.75. The first kappa shape index (κ1) is 42.8. The van der Waals surface area contributed by atoms with Crippen molar-refractivity contribution in [2.24, 2.45) is 40.2 Å². The van der Waals surface area contributed by atoms with Crippen molar-refractivity contribution in [1.29, 1.82) is 0 Å². The van der Waals surface area contributed by atoms with Crippen LogP contribution < -0.4 is 11.1 Å². The van der Waals surface area contributed by atoms with Crippen LogP contribution in [0.5, 0.6) is 0 Å². The third-order valence-electron chi connectivity index (χ3n) is 13.8. The molecule has 1 aliphatic heterocycles. The van der Waals surface area contributed by atoms with Gasteiger partial charge in [0.25, 0.3) is 0 Å². The summed E-state index contributed by atoms with van der Waals surface area (Å²) in [6.07, 6.45) is 6.06. The number of ether oxygens (including phenoxy) is 3. The van der Waals surface area contributed by atoms with E-state index in [1.165, 1.54) is 0 Å². The Morgan fingerprint density at radius 2 is 1.81 bits per heavy atom. The molecule has 5 N–H and O–H groups in total. The summed E-state index contributed by atoms with van der Waals surface area (Å²) in [7, 11) is 0. The molecule has 0 aromatic heterocycles. The van der Waals surface area contributed by atoms with Crippen LogP contribution >= 0.6 is 0 Å².